The van der Waals surface area contributed by atoms with E-state index in [4.69, 9.17) is 0 Å². The number of aryl methyl sites for hydroxylation is 1. The first kappa shape index (κ1) is 21.5. The van der Waals surface area contributed by atoms with Crippen LogP contribution in [-0.2, 0) is 16.4 Å². The summed E-state index contributed by atoms with van der Waals surface area (Å²) in [5.41, 5.74) is 0.941. The van der Waals surface area contributed by atoms with E-state index in [1.165, 1.54) is 12.1 Å². The highest BCUT2D eigenvalue weighted by molar-refractivity contribution is 7.89. The van der Waals surface area contributed by atoms with E-state index in [0.717, 1.165) is 69.0 Å². The van der Waals surface area contributed by atoms with Crippen molar-refractivity contribution in [3.8, 4) is 5.69 Å². The molecule has 1 fully saturated rings. The number of tetrazole rings is 1. The molecule has 1 aromatic heterocycles. The van der Waals surface area contributed by atoms with Crippen LogP contribution < -0.4 is 4.72 Å². The number of para-hydroxylation sites is 1. The third kappa shape index (κ3) is 5.52. The first-order chi connectivity index (χ1) is 15.0. The molecule has 1 aliphatic heterocycles. The van der Waals surface area contributed by atoms with Gasteiger partial charge in [-0.25, -0.2) is 17.5 Å². The highest BCUT2D eigenvalue weighted by Gasteiger charge is 2.24. The summed E-state index contributed by atoms with van der Waals surface area (Å²) < 4.78 is 42.5. The van der Waals surface area contributed by atoms with Crippen LogP contribution in [0.1, 0.15) is 25.1 Å². The molecule has 0 unspecified atom stereocenters. The number of halogens is 1. The van der Waals surface area contributed by atoms with Crippen molar-refractivity contribution in [3.05, 3.63) is 66.2 Å². The van der Waals surface area contributed by atoms with Gasteiger partial charge in [-0.15, -0.1) is 5.10 Å². The second-order valence-electron chi connectivity index (χ2n) is 7.64. The Kier molecular flexibility index (Phi) is 6.69. The summed E-state index contributed by atoms with van der Waals surface area (Å²) in [6, 6.07) is 14.6. The highest BCUT2D eigenvalue weighted by Crippen LogP contribution is 2.16. The predicted octanol–water partition coefficient (Wildman–Crippen LogP) is 2.18. The van der Waals surface area contributed by atoms with Gasteiger partial charge in [0.15, 0.2) is 5.82 Å². The minimum Gasteiger partial charge on any atom is -0.303 e. The molecule has 8 nitrogen and oxygen atoms in total. The summed E-state index contributed by atoms with van der Waals surface area (Å²) in [6.45, 7) is 2.54. The van der Waals surface area contributed by atoms with Crippen LogP contribution in [0.3, 0.4) is 0 Å². The lowest BCUT2D eigenvalue weighted by atomic mass is 10.1. The molecule has 4 rings (SSSR count). The maximum atomic E-state index is 13.0. The van der Waals surface area contributed by atoms with Gasteiger partial charge in [0.2, 0.25) is 10.0 Å². The number of aromatic nitrogens is 4. The van der Waals surface area contributed by atoms with Crippen LogP contribution in [0.15, 0.2) is 59.5 Å². The zero-order valence-electron chi connectivity index (χ0n) is 17.1. The molecule has 164 valence electrons. The maximum absolute atomic E-state index is 13.0. The summed E-state index contributed by atoms with van der Waals surface area (Å²) in [5, 5.41) is 12.0. The number of nitrogens with zero attached hydrogens (tertiary/aromatic N) is 5. The number of hydrogen-bond acceptors (Lipinski definition) is 6. The van der Waals surface area contributed by atoms with Gasteiger partial charge in [0.05, 0.1) is 10.6 Å². The Morgan fingerprint density at radius 2 is 1.74 bits per heavy atom. The van der Waals surface area contributed by atoms with Crippen molar-refractivity contribution in [1.29, 1.82) is 0 Å². The molecule has 10 heteroatoms. The van der Waals surface area contributed by atoms with E-state index in [1.54, 1.807) is 4.68 Å². The molecule has 0 atom stereocenters. The average Bonchev–Trinajstić information content (AvgIpc) is 3.24. The molecule has 0 aliphatic carbocycles. The molecule has 2 heterocycles. The molecule has 31 heavy (non-hydrogen) atoms. The summed E-state index contributed by atoms with van der Waals surface area (Å²) in [4.78, 5) is 2.42. The van der Waals surface area contributed by atoms with Gasteiger partial charge in [0, 0.05) is 12.5 Å². The van der Waals surface area contributed by atoms with Crippen LogP contribution in [0.5, 0.6) is 0 Å². The Labute approximate surface area is 181 Å². The van der Waals surface area contributed by atoms with Crippen LogP contribution in [0.4, 0.5) is 4.39 Å². The number of benzene rings is 2. The van der Waals surface area contributed by atoms with Crippen LogP contribution in [0.25, 0.3) is 5.69 Å². The van der Waals surface area contributed by atoms with Crippen molar-refractivity contribution in [2.45, 2.75) is 36.6 Å². The molecule has 0 saturated carbocycles. The number of rotatable bonds is 8. The Hall–Kier alpha value is -2.69. The van der Waals surface area contributed by atoms with E-state index in [9.17, 15) is 12.8 Å². The number of sulfonamides is 1. The highest BCUT2D eigenvalue weighted by atomic mass is 32.2. The number of hydrogen-bond donors (Lipinski definition) is 1. The first-order valence-corrected chi connectivity index (χ1v) is 11.8. The van der Waals surface area contributed by atoms with E-state index in [1.807, 2.05) is 30.3 Å². The molecule has 0 spiro atoms. The Morgan fingerprint density at radius 3 is 2.45 bits per heavy atom. The maximum Gasteiger partial charge on any atom is 0.240 e. The molecule has 0 radical (unpaired) electrons. The molecule has 0 amide bonds. The van der Waals surface area contributed by atoms with Crippen molar-refractivity contribution in [1.82, 2.24) is 29.8 Å². The van der Waals surface area contributed by atoms with E-state index >= 15 is 0 Å². The molecule has 1 aliphatic rings. The fourth-order valence-corrected chi connectivity index (χ4v) is 5.07. The van der Waals surface area contributed by atoms with Crippen LogP contribution in [-0.4, -0.2) is 59.2 Å². The number of piperidine rings is 1. The lowest BCUT2D eigenvalue weighted by molar-refractivity contribution is 0.205. The smallest absolute Gasteiger partial charge is 0.240 e. The Bertz CT molecular complexity index is 1080. The van der Waals surface area contributed by atoms with Gasteiger partial charge in [0.25, 0.3) is 0 Å². The molecule has 2 aromatic carbocycles. The molecular formula is C21H25FN6O2S. The zero-order valence-corrected chi connectivity index (χ0v) is 17.9. The van der Waals surface area contributed by atoms with Crippen molar-refractivity contribution >= 4 is 10.0 Å². The van der Waals surface area contributed by atoms with E-state index < -0.39 is 15.8 Å². The van der Waals surface area contributed by atoms with Crippen molar-refractivity contribution < 1.29 is 12.8 Å². The normalized spacial score (nSPS) is 15.9. The van der Waals surface area contributed by atoms with Crippen molar-refractivity contribution in [2.75, 3.05) is 19.6 Å². The average molecular weight is 445 g/mol. The summed E-state index contributed by atoms with van der Waals surface area (Å²) in [7, 11) is -3.63. The standard InChI is InChI=1S/C21H25FN6O2S/c22-17-8-10-20(11-9-17)31(29,30)24-18-12-15-27(16-13-18)14-4-7-21-23-25-26-28(21)19-5-2-1-3-6-19/h1-3,5-6,8-11,18,24H,4,7,12-16H2. The van der Waals surface area contributed by atoms with Gasteiger partial charge in [-0.2, -0.15) is 4.68 Å². The SMILES string of the molecule is O=S(=O)(NC1CCN(CCCc2nnnn2-c2ccccc2)CC1)c1ccc(F)cc1. The lowest BCUT2D eigenvalue weighted by Gasteiger charge is -2.32. The van der Waals surface area contributed by atoms with Gasteiger partial charge in [-0.1, -0.05) is 18.2 Å². The molecule has 0 bridgehead atoms. The van der Waals surface area contributed by atoms with Crippen molar-refractivity contribution in [3.63, 3.8) is 0 Å². The third-order valence-corrected chi connectivity index (χ3v) is 6.98. The Morgan fingerprint density at radius 1 is 1.03 bits per heavy atom. The zero-order chi connectivity index (χ0) is 21.7. The molecule has 3 aromatic rings. The summed E-state index contributed by atoms with van der Waals surface area (Å²) in [5.74, 6) is 0.373. The van der Waals surface area contributed by atoms with Crippen LogP contribution in [0, 0.1) is 5.82 Å². The minimum atomic E-state index is -3.63. The second-order valence-corrected chi connectivity index (χ2v) is 9.35. The minimum absolute atomic E-state index is 0.0902. The van der Waals surface area contributed by atoms with Crippen LogP contribution >= 0.6 is 0 Å². The topological polar surface area (TPSA) is 93.0 Å². The van der Waals surface area contributed by atoms with E-state index in [2.05, 4.69) is 25.1 Å². The fraction of sp³-hybridized carbons (Fsp3) is 0.381. The van der Waals surface area contributed by atoms with Crippen LogP contribution in [0.2, 0.25) is 0 Å². The van der Waals surface area contributed by atoms with Gasteiger partial charge in [0.1, 0.15) is 5.82 Å². The first-order valence-electron chi connectivity index (χ1n) is 10.3. The summed E-state index contributed by atoms with van der Waals surface area (Å²) in [6.07, 6.45) is 3.16. The molecule has 1 saturated heterocycles. The monoisotopic (exact) mass is 444 g/mol. The number of likely N-dealkylation sites (tertiary alicyclic amines) is 1. The second kappa shape index (κ2) is 9.63. The lowest BCUT2D eigenvalue weighted by Crippen LogP contribution is -2.44. The Balaban J connectivity index is 1.23. The summed E-state index contributed by atoms with van der Waals surface area (Å²) >= 11 is 0. The third-order valence-electron chi connectivity index (χ3n) is 5.44. The van der Waals surface area contributed by atoms with Gasteiger partial charge in [-0.3, -0.25) is 0 Å². The van der Waals surface area contributed by atoms with Gasteiger partial charge >= 0.3 is 0 Å². The van der Waals surface area contributed by atoms with E-state index in [0.29, 0.717) is 0 Å². The van der Waals surface area contributed by atoms with Gasteiger partial charge in [-0.05, 0) is 85.7 Å². The fourth-order valence-electron chi connectivity index (χ4n) is 3.77. The molecular weight excluding hydrogens is 419 g/mol. The number of nitrogens with one attached hydrogen (secondary N) is 1. The van der Waals surface area contributed by atoms with Crippen molar-refractivity contribution in [2.24, 2.45) is 0 Å². The molecule has 1 N–H and O–H groups in total. The predicted molar refractivity (Wildman–Crippen MR) is 114 cm³/mol. The van der Waals surface area contributed by atoms with E-state index in [-0.39, 0.29) is 10.9 Å². The van der Waals surface area contributed by atoms with Gasteiger partial charge < -0.3 is 4.90 Å². The largest absolute Gasteiger partial charge is 0.303 e. The quantitative estimate of drug-likeness (QED) is 0.573.